The molecule has 7 aliphatic heterocycles. The van der Waals surface area contributed by atoms with Crippen molar-refractivity contribution in [2.24, 2.45) is 48.9 Å². The van der Waals surface area contributed by atoms with Gasteiger partial charge in [0.05, 0.1) is 43.7 Å². The molecular weight excluding hydrogens is 1710 g/mol. The van der Waals surface area contributed by atoms with Gasteiger partial charge in [0.25, 0.3) is 11.8 Å². The van der Waals surface area contributed by atoms with Crippen molar-refractivity contribution in [3.05, 3.63) is 0 Å². The minimum absolute atomic E-state index is 0.00528. The van der Waals surface area contributed by atoms with Crippen LogP contribution in [0.3, 0.4) is 0 Å². The van der Waals surface area contributed by atoms with Crippen LogP contribution in [0.4, 0.5) is 4.79 Å². The number of carboxylic acids is 1. The molecule has 10 rings (SSSR count). The lowest BCUT2D eigenvalue weighted by Gasteiger charge is -2.60. The highest BCUT2D eigenvalue weighted by atomic mass is 32.2. The molecule has 3 unspecified atom stereocenters. The van der Waals surface area contributed by atoms with E-state index in [0.717, 1.165) is 133 Å². The highest BCUT2D eigenvalue weighted by Gasteiger charge is 2.52. The molecule has 5 saturated heterocycles. The van der Waals surface area contributed by atoms with Crippen molar-refractivity contribution in [2.75, 3.05) is 124 Å². The number of piperidine rings is 2. The molecule has 0 aromatic heterocycles. The third-order valence-corrected chi connectivity index (χ3v) is 23.0. The number of urea groups is 1. The fraction of sp³-hybridized carbons (Fsp3) is 0.892. The van der Waals surface area contributed by atoms with Crippen LogP contribution in [-0.2, 0) is 48.2 Å². The number of nitrogens with one attached hydrogen (secondary N) is 14. The van der Waals surface area contributed by atoms with Crippen LogP contribution in [-0.4, -0.2) is 346 Å². The fourth-order valence-electron chi connectivity index (χ4n) is 14.9. The molecule has 8 atom stereocenters. The number of rotatable bonds is 36. The predicted molar refractivity (Wildman–Crippen MR) is 528 cm³/mol. The number of ketones is 3. The van der Waals surface area contributed by atoms with Gasteiger partial charge in [0.1, 0.15) is 29.4 Å². The summed E-state index contributed by atoms with van der Waals surface area (Å²) >= 11 is 0. The molecule has 0 radical (unpaired) electrons. The minimum Gasteiger partial charge on any atom is -0.481 e. The summed E-state index contributed by atoms with van der Waals surface area (Å²) in [5.41, 5.74) is 3.44. The van der Waals surface area contributed by atoms with Crippen molar-refractivity contribution in [1.82, 2.24) is 89.2 Å². The largest absolute Gasteiger partial charge is 0.481 e. The summed E-state index contributed by atoms with van der Waals surface area (Å²) in [6.45, 7) is 65.5. The van der Waals surface area contributed by atoms with Gasteiger partial charge in [-0.3, -0.25) is 53.5 Å². The number of likely N-dealkylation sites (tertiary alicyclic amines) is 2. The molecule has 0 aromatic carbocycles. The highest BCUT2D eigenvalue weighted by Crippen LogP contribution is 2.52. The summed E-state index contributed by atoms with van der Waals surface area (Å²) in [5.74, 6) is 1.47. The number of carbonyl (C=O) groups excluding carboxylic acids is 8. The molecule has 19 N–H and O–H groups in total. The molecule has 7 heterocycles. The third kappa shape index (κ3) is 64.9. The van der Waals surface area contributed by atoms with Crippen molar-refractivity contribution in [1.29, 1.82) is 0 Å². The van der Waals surface area contributed by atoms with Gasteiger partial charge in [-0.05, 0) is 155 Å². The SMILES string of the molecule is CC(C)N(C)CCCC(=O)O.CC(C)N1CCC2(C1)NC(=O)NC2=O.CC(C)NC(CO)CO.CC(C)NC1CCC(=O)NC1.CC(C)NCC1=NN=NC1.CC(C)NCC1N=NNC1=O.CC(C)NCCO.CC(C)NC[C@@H]1CCC(=O)C1.CC(C)NC[C@H]1CCC(=O)C1.CC(C)N[C@H](C(=O)CS(C)(=O)=O)[C@@H](C)O.CC(C)N[C@H]1CCC(=O)NC1.CC1CC2(C1)CN(C(C)C)C2. The van der Waals surface area contributed by atoms with Crippen LogP contribution in [0.15, 0.2) is 25.8 Å². The first kappa shape index (κ1) is 128. The first-order valence-corrected chi connectivity index (χ1v) is 50.7. The zero-order valence-electron chi connectivity index (χ0n) is 86.5. The number of aliphatic hydroxyl groups is 4. The van der Waals surface area contributed by atoms with E-state index in [2.05, 4.69) is 247 Å². The molecule has 3 aliphatic carbocycles. The van der Waals surface area contributed by atoms with Crippen molar-refractivity contribution in [3.63, 3.8) is 0 Å². The van der Waals surface area contributed by atoms with E-state index in [1.165, 1.54) is 32.9 Å². The Balaban J connectivity index is 0. The summed E-state index contributed by atoms with van der Waals surface area (Å²) < 4.78 is 21.8. The molecule has 3 saturated carbocycles. The number of nitrogens with zero attached hydrogens (tertiary/aromatic N) is 8. The monoisotopic (exact) mass is 1900 g/mol. The van der Waals surface area contributed by atoms with Crippen LogP contribution in [0.25, 0.3) is 0 Å². The average Bonchev–Trinajstić information content (AvgIpc) is 1.59. The van der Waals surface area contributed by atoms with E-state index in [9.17, 15) is 56.7 Å². The minimum atomic E-state index is -3.34. The number of hydrogen-bond donors (Lipinski definition) is 19. The Bertz CT molecular complexity index is 3310. The molecular formula is C93H188N22O16S. The average molecular weight is 1900 g/mol. The number of aliphatic carboxylic acids is 1. The molecule has 132 heavy (non-hydrogen) atoms. The van der Waals surface area contributed by atoms with Gasteiger partial charge in [-0.15, -0.1) is 5.10 Å². The molecule has 6 amide bonds. The molecule has 39 heteroatoms. The number of Topliss-reactive ketones (excluding diaryl/α,β-unsaturated/α-hetero) is 3. The van der Waals surface area contributed by atoms with Crippen LogP contribution in [0.5, 0.6) is 0 Å². The Morgan fingerprint density at radius 1 is 0.598 bits per heavy atom. The Kier molecular flexibility index (Phi) is 68.5. The topological polar surface area (TPSA) is 529 Å². The van der Waals surface area contributed by atoms with Gasteiger partial charge in [-0.1, -0.05) is 137 Å². The quantitative estimate of drug-likeness (QED) is 0.0342. The van der Waals surface area contributed by atoms with Crippen LogP contribution in [0.1, 0.15) is 276 Å². The second-order valence-corrected chi connectivity index (χ2v) is 42.3. The third-order valence-electron chi connectivity index (χ3n) is 22.2. The standard InChI is InChI=1S/C10H19N.C9H15N3O2.C9H19NO4S.2C9H17NO.2C8H16N2O.C8H17NO2.C6H12N4O.C6H12N4.C6H15NO2.C5H13NO/c1-8(2)11-6-10(7-11)4-9(3)5-10;1-6(2)12-4-3-9(5-12)7(13)10-8(14)11-9;1-6(2)10-9(7(3)11)8(12)5-15(4,13)14;2*1-7(2)10-6-8-3-4-9(11)5-8;2*1-6(2)10-7-3-4-8(11)9-5-7;1-7(2)9(3)6-4-5-8(10)11;1-4(2)7-3-5-6(11)9-10-8-5;1-5(2)7-3-6-4-8-10-9-6;1-5(2)7-6(3-8)4-9;1-5(2)6-3-4-7/h8-9H,4-7H2,1-3H3;6H,3-5H2,1-2H3,(H2,10,11,13,14);6-7,9-11H,5H2,1-4H3;2*7-8,10H,3-6H2,1-2H3;2*6-7,10H,3-5H2,1-2H3,(H,9,11);7H,4-6H2,1-3H3,(H,10,11);4-5,7H,3H2,1-2H3,(H,8,9,11);5,7H,3-4H2,1-2H3;5-9H,3-4H2,1-2H3;5-7H,3-4H2,1-2H3/t;;7-,9+;2*8-;7-;;;;;;/m..1100....../s1. The molecule has 8 fully saturated rings. The summed E-state index contributed by atoms with van der Waals surface area (Å²) in [5, 5.41) is 101. The van der Waals surface area contributed by atoms with Crippen molar-refractivity contribution in [3.8, 4) is 0 Å². The molecule has 10 aliphatic rings. The number of carboxylic acid groups (broad SMARTS) is 1. The van der Waals surface area contributed by atoms with Crippen LogP contribution in [0, 0.1) is 23.2 Å². The smallest absolute Gasteiger partial charge is 0.322 e. The van der Waals surface area contributed by atoms with E-state index in [4.69, 9.17) is 20.4 Å². The maximum Gasteiger partial charge on any atom is 0.322 e. The molecule has 0 aromatic rings. The lowest BCUT2D eigenvalue weighted by molar-refractivity contribution is -0.137. The number of amides is 6. The fourth-order valence-corrected chi connectivity index (χ4v) is 15.6. The van der Waals surface area contributed by atoms with Gasteiger partial charge in [0.2, 0.25) is 11.8 Å². The Morgan fingerprint density at radius 2 is 1.08 bits per heavy atom. The highest BCUT2D eigenvalue weighted by molar-refractivity contribution is 7.91. The van der Waals surface area contributed by atoms with Crippen molar-refractivity contribution in [2.45, 2.75) is 391 Å². The van der Waals surface area contributed by atoms with E-state index < -0.39 is 45.0 Å². The summed E-state index contributed by atoms with van der Waals surface area (Å²) in [6.07, 6.45) is 13.5. The van der Waals surface area contributed by atoms with Crippen molar-refractivity contribution < 1.29 is 77.1 Å². The van der Waals surface area contributed by atoms with E-state index in [1.807, 2.05) is 48.6 Å². The number of imide groups is 1. The summed E-state index contributed by atoms with van der Waals surface area (Å²) in [7, 11) is -1.33. The van der Waals surface area contributed by atoms with E-state index >= 15 is 0 Å². The summed E-state index contributed by atoms with van der Waals surface area (Å²) in [4.78, 5) is 105. The first-order chi connectivity index (χ1) is 61.5. The number of carbonyl (C=O) groups is 9. The molecule has 2 spiro atoms. The van der Waals surface area contributed by atoms with Crippen LogP contribution in [0.2, 0.25) is 0 Å². The Labute approximate surface area is 794 Å². The van der Waals surface area contributed by atoms with Gasteiger partial charge < -0.3 is 94.2 Å². The maximum atomic E-state index is 11.6. The van der Waals surface area contributed by atoms with Gasteiger partial charge in [-0.2, -0.15) is 10.2 Å². The molecule has 0 bridgehead atoms. The number of sulfone groups is 1. The van der Waals surface area contributed by atoms with Gasteiger partial charge >= 0.3 is 12.0 Å². The molecule has 772 valence electrons. The van der Waals surface area contributed by atoms with Gasteiger partial charge in [0.15, 0.2) is 21.7 Å². The van der Waals surface area contributed by atoms with E-state index in [-0.39, 0.29) is 74.0 Å². The van der Waals surface area contributed by atoms with Crippen LogP contribution >= 0.6 is 0 Å². The predicted octanol–water partition coefficient (Wildman–Crippen LogP) is 5.55. The zero-order valence-corrected chi connectivity index (χ0v) is 87.3. The lowest BCUT2D eigenvalue weighted by Crippen LogP contribution is -2.63. The second-order valence-electron chi connectivity index (χ2n) is 40.2. The lowest BCUT2D eigenvalue weighted by atomic mass is 9.58. The Morgan fingerprint density at radius 3 is 1.38 bits per heavy atom. The van der Waals surface area contributed by atoms with E-state index in [0.29, 0.717) is 141 Å². The van der Waals surface area contributed by atoms with E-state index in [1.54, 1.807) is 0 Å². The second kappa shape index (κ2) is 70.6. The van der Waals surface area contributed by atoms with Crippen LogP contribution < -0.4 is 74.5 Å². The zero-order chi connectivity index (χ0) is 101. The number of hydrogen-bond acceptors (Lipinski definition) is 32. The van der Waals surface area contributed by atoms with Gasteiger partial charge in [-0.25, -0.2) is 18.6 Å². The normalized spacial score (nSPS) is 21.7. The molecule has 38 nitrogen and oxygen atoms in total. The Hall–Kier alpha value is -5.99. The number of aliphatic hydroxyl groups excluding tert-OH is 4. The van der Waals surface area contributed by atoms with Crippen molar-refractivity contribution >= 4 is 68.5 Å². The first-order valence-electron chi connectivity index (χ1n) is 48.7. The van der Waals surface area contributed by atoms with Gasteiger partial charge in [0, 0.05) is 195 Å². The summed E-state index contributed by atoms with van der Waals surface area (Å²) in [6, 6.07) is 4.78. The maximum absolute atomic E-state index is 11.6.